The van der Waals surface area contributed by atoms with Crippen molar-refractivity contribution in [3.63, 3.8) is 0 Å². The number of halogens is 1. The first-order valence-electron chi connectivity index (χ1n) is 10.1. The number of urea groups is 1. The molecule has 9 heteroatoms. The van der Waals surface area contributed by atoms with Crippen molar-refractivity contribution in [2.24, 2.45) is 0 Å². The van der Waals surface area contributed by atoms with Crippen LogP contribution in [0.2, 0.25) is 0 Å². The third-order valence-corrected chi connectivity index (χ3v) is 5.44. The highest BCUT2D eigenvalue weighted by Gasteiger charge is 2.33. The zero-order valence-electron chi connectivity index (χ0n) is 16.5. The Hall–Kier alpha value is -3.23. The van der Waals surface area contributed by atoms with Crippen LogP contribution in [0.1, 0.15) is 25.7 Å². The van der Waals surface area contributed by atoms with Gasteiger partial charge in [-0.3, -0.25) is 14.7 Å². The van der Waals surface area contributed by atoms with E-state index in [0.717, 1.165) is 25.7 Å². The van der Waals surface area contributed by atoms with Crippen molar-refractivity contribution < 1.29 is 18.7 Å². The largest absolute Gasteiger partial charge is 0.473 e. The molecule has 1 aliphatic carbocycles. The van der Waals surface area contributed by atoms with Crippen molar-refractivity contribution in [3.8, 4) is 5.88 Å². The quantitative estimate of drug-likeness (QED) is 0.786. The Labute approximate surface area is 174 Å². The normalized spacial score (nSPS) is 21.6. The number of benzene rings is 1. The van der Waals surface area contributed by atoms with Gasteiger partial charge in [-0.2, -0.15) is 0 Å². The van der Waals surface area contributed by atoms with Crippen LogP contribution in [0.3, 0.4) is 0 Å². The first kappa shape index (κ1) is 20.1. The van der Waals surface area contributed by atoms with E-state index in [1.165, 1.54) is 15.9 Å². The second-order valence-electron chi connectivity index (χ2n) is 7.51. The van der Waals surface area contributed by atoms with E-state index in [-0.39, 0.29) is 36.3 Å². The van der Waals surface area contributed by atoms with Gasteiger partial charge in [0.05, 0.1) is 11.9 Å². The topological polar surface area (TPSA) is 87.7 Å². The zero-order valence-corrected chi connectivity index (χ0v) is 16.5. The summed E-state index contributed by atoms with van der Waals surface area (Å²) in [6.07, 6.45) is 8.05. The Morgan fingerprint density at radius 2 is 1.97 bits per heavy atom. The molecule has 1 saturated heterocycles. The van der Waals surface area contributed by atoms with E-state index >= 15 is 0 Å². The number of carbonyl (C=O) groups excluding carboxylic acids is 2. The number of anilines is 1. The summed E-state index contributed by atoms with van der Waals surface area (Å²) in [7, 11) is 0. The summed E-state index contributed by atoms with van der Waals surface area (Å²) in [4.78, 5) is 36.0. The van der Waals surface area contributed by atoms with Crippen LogP contribution in [0.4, 0.5) is 14.9 Å². The van der Waals surface area contributed by atoms with E-state index in [1.807, 2.05) is 0 Å². The van der Waals surface area contributed by atoms with Crippen LogP contribution in [0.5, 0.6) is 5.88 Å². The van der Waals surface area contributed by atoms with Crippen LogP contribution < -0.4 is 15.0 Å². The third kappa shape index (κ3) is 4.67. The number of aromatic nitrogens is 2. The molecule has 1 aromatic heterocycles. The highest BCUT2D eigenvalue weighted by Crippen LogP contribution is 2.24. The number of para-hydroxylation sites is 1. The van der Waals surface area contributed by atoms with Crippen molar-refractivity contribution in [1.29, 1.82) is 0 Å². The number of hydrogen-bond donors (Lipinski definition) is 1. The van der Waals surface area contributed by atoms with Gasteiger partial charge in [-0.15, -0.1) is 0 Å². The Balaban J connectivity index is 1.23. The van der Waals surface area contributed by atoms with Gasteiger partial charge in [0.25, 0.3) is 0 Å². The molecule has 0 spiro atoms. The second kappa shape index (κ2) is 9.06. The van der Waals surface area contributed by atoms with Gasteiger partial charge in [-0.25, -0.2) is 14.2 Å². The van der Waals surface area contributed by atoms with Crippen molar-refractivity contribution in [2.75, 3.05) is 24.5 Å². The molecule has 3 amide bonds. The molecule has 1 saturated carbocycles. The van der Waals surface area contributed by atoms with E-state index in [4.69, 9.17) is 4.74 Å². The van der Waals surface area contributed by atoms with Crippen molar-refractivity contribution >= 4 is 17.6 Å². The summed E-state index contributed by atoms with van der Waals surface area (Å²) in [5.74, 6) is -0.133. The predicted octanol–water partition coefficient (Wildman–Crippen LogP) is 2.36. The molecule has 0 unspecified atom stereocenters. The first-order chi connectivity index (χ1) is 14.6. The second-order valence-corrected chi connectivity index (χ2v) is 7.51. The smallest absolute Gasteiger partial charge is 0.325 e. The van der Waals surface area contributed by atoms with E-state index < -0.39 is 5.82 Å². The summed E-state index contributed by atoms with van der Waals surface area (Å²) < 4.78 is 19.8. The maximum absolute atomic E-state index is 14.0. The van der Waals surface area contributed by atoms with Gasteiger partial charge in [0.15, 0.2) is 0 Å². The summed E-state index contributed by atoms with van der Waals surface area (Å²) in [6.45, 7) is 0.719. The molecule has 2 heterocycles. The maximum Gasteiger partial charge on any atom is 0.325 e. The van der Waals surface area contributed by atoms with Gasteiger partial charge < -0.3 is 15.0 Å². The number of hydrogen-bond acceptors (Lipinski definition) is 5. The fourth-order valence-corrected chi connectivity index (χ4v) is 3.91. The number of nitrogens with one attached hydrogen (secondary N) is 1. The molecule has 8 nitrogen and oxygen atoms in total. The van der Waals surface area contributed by atoms with Gasteiger partial charge in [-0.05, 0) is 37.8 Å². The highest BCUT2D eigenvalue weighted by atomic mass is 19.1. The lowest BCUT2D eigenvalue weighted by molar-refractivity contribution is -0.122. The number of carbonyl (C=O) groups is 2. The summed E-state index contributed by atoms with van der Waals surface area (Å²) in [5, 5.41) is 3.01. The van der Waals surface area contributed by atoms with Crippen molar-refractivity contribution in [1.82, 2.24) is 20.2 Å². The summed E-state index contributed by atoms with van der Waals surface area (Å²) in [5.41, 5.74) is 0.242. The molecule has 1 aromatic carbocycles. The van der Waals surface area contributed by atoms with Crippen LogP contribution in [0.15, 0.2) is 42.9 Å². The van der Waals surface area contributed by atoms with Gasteiger partial charge >= 0.3 is 6.03 Å². The molecule has 1 aliphatic heterocycles. The minimum Gasteiger partial charge on any atom is -0.473 e. The lowest BCUT2D eigenvalue weighted by Gasteiger charge is -2.29. The van der Waals surface area contributed by atoms with Crippen LogP contribution in [0, 0.1) is 5.82 Å². The Bertz CT molecular complexity index is 889. The number of ether oxygens (including phenoxy) is 1. The summed E-state index contributed by atoms with van der Waals surface area (Å²) in [6, 6.07) is 5.86. The highest BCUT2D eigenvalue weighted by molar-refractivity contribution is 5.96. The lowest BCUT2D eigenvalue weighted by atomic mass is 9.93. The summed E-state index contributed by atoms with van der Waals surface area (Å²) >= 11 is 0. The fraction of sp³-hybridized carbons (Fsp3) is 0.429. The molecule has 158 valence electrons. The molecule has 4 rings (SSSR count). The van der Waals surface area contributed by atoms with Gasteiger partial charge in [0, 0.05) is 31.5 Å². The van der Waals surface area contributed by atoms with Gasteiger partial charge in [0.1, 0.15) is 18.5 Å². The molecular weight excluding hydrogens is 389 g/mol. The van der Waals surface area contributed by atoms with Crippen molar-refractivity contribution in [2.45, 2.75) is 37.8 Å². The minimum absolute atomic E-state index is 0.0280. The Kier molecular flexibility index (Phi) is 6.06. The van der Waals surface area contributed by atoms with Crippen LogP contribution in [-0.4, -0.2) is 58.6 Å². The molecule has 0 radical (unpaired) electrons. The van der Waals surface area contributed by atoms with Crippen LogP contribution in [0.25, 0.3) is 0 Å². The molecular formula is C21H24FN5O3. The van der Waals surface area contributed by atoms with Crippen LogP contribution in [-0.2, 0) is 4.79 Å². The standard InChI is InChI=1S/C21H24FN5O3/c22-17-3-1-2-4-18(17)27-12-11-26(21(27)29)14-19(28)25-15-5-7-16(8-6-15)30-20-13-23-9-10-24-20/h1-4,9-10,13,15-16H,5-8,11-12,14H2,(H,25,28). The zero-order chi connectivity index (χ0) is 20.9. The Morgan fingerprint density at radius 3 is 2.70 bits per heavy atom. The minimum atomic E-state index is -0.447. The van der Waals surface area contributed by atoms with Gasteiger partial charge in [-0.1, -0.05) is 12.1 Å². The van der Waals surface area contributed by atoms with E-state index in [1.54, 1.807) is 36.8 Å². The SMILES string of the molecule is O=C(CN1CCN(c2ccccc2F)C1=O)NC1CCC(Oc2cnccn2)CC1. The molecule has 2 fully saturated rings. The fourth-order valence-electron chi connectivity index (χ4n) is 3.91. The predicted molar refractivity (Wildman–Crippen MR) is 108 cm³/mol. The van der Waals surface area contributed by atoms with Gasteiger partial charge in [0.2, 0.25) is 11.8 Å². The average Bonchev–Trinajstić information content (AvgIpc) is 3.10. The molecule has 2 aromatic rings. The monoisotopic (exact) mass is 413 g/mol. The first-order valence-corrected chi connectivity index (χ1v) is 10.1. The number of amides is 3. The number of nitrogens with zero attached hydrogens (tertiary/aromatic N) is 4. The maximum atomic E-state index is 14.0. The van der Waals surface area contributed by atoms with E-state index in [9.17, 15) is 14.0 Å². The molecule has 2 aliphatic rings. The average molecular weight is 413 g/mol. The molecule has 0 bridgehead atoms. The van der Waals surface area contributed by atoms with Crippen molar-refractivity contribution in [3.05, 3.63) is 48.7 Å². The Morgan fingerprint density at radius 1 is 1.17 bits per heavy atom. The lowest BCUT2D eigenvalue weighted by Crippen LogP contribution is -2.45. The van der Waals surface area contributed by atoms with E-state index in [2.05, 4.69) is 15.3 Å². The molecule has 30 heavy (non-hydrogen) atoms. The third-order valence-electron chi connectivity index (χ3n) is 5.44. The molecule has 0 atom stereocenters. The van der Waals surface area contributed by atoms with Crippen LogP contribution >= 0.6 is 0 Å². The molecule has 1 N–H and O–H groups in total. The van der Waals surface area contributed by atoms with E-state index in [0.29, 0.717) is 19.0 Å². The number of rotatable bonds is 6.